The summed E-state index contributed by atoms with van der Waals surface area (Å²) >= 11 is 0. The summed E-state index contributed by atoms with van der Waals surface area (Å²) in [6.07, 6.45) is 0. The van der Waals surface area contributed by atoms with Crippen LogP contribution in [-0.4, -0.2) is 31.1 Å². The molecule has 1 aromatic rings. The number of likely N-dealkylation sites (tertiary alicyclic amines) is 1. The normalized spacial score (nSPS) is 28.6. The second kappa shape index (κ2) is 4.43. The fourth-order valence-electron chi connectivity index (χ4n) is 3.40. The van der Waals surface area contributed by atoms with E-state index in [-0.39, 0.29) is 0 Å². The number of nitrogens with one attached hydrogen (secondary N) is 1. The summed E-state index contributed by atoms with van der Waals surface area (Å²) in [5.74, 6) is 1.80. The predicted molar refractivity (Wildman–Crippen MR) is 71.0 cm³/mol. The summed E-state index contributed by atoms with van der Waals surface area (Å²) in [7, 11) is 0. The van der Waals surface area contributed by atoms with Crippen LogP contribution in [0, 0.1) is 25.7 Å². The molecule has 2 aliphatic heterocycles. The molecule has 2 unspecified atom stereocenters. The van der Waals surface area contributed by atoms with Gasteiger partial charge in [-0.2, -0.15) is 0 Å². The molecule has 2 heterocycles. The third-order valence-electron chi connectivity index (χ3n) is 4.49. The van der Waals surface area contributed by atoms with E-state index in [0.29, 0.717) is 0 Å². The maximum atomic E-state index is 3.50. The van der Waals surface area contributed by atoms with E-state index in [1.54, 1.807) is 5.56 Å². The van der Waals surface area contributed by atoms with Gasteiger partial charge in [-0.05, 0) is 55.5 Å². The minimum atomic E-state index is 0.902. The number of hydrogen-bond acceptors (Lipinski definition) is 2. The standard InChI is InChI=1S/C15H22N2/c1-11-4-3-5-12(2)15(11)10-17-8-13-6-16-7-14(13)9-17/h3-5,13-14,16H,6-10H2,1-2H3. The molecule has 92 valence electrons. The van der Waals surface area contributed by atoms with E-state index in [2.05, 4.69) is 42.3 Å². The van der Waals surface area contributed by atoms with Gasteiger partial charge in [0.05, 0.1) is 0 Å². The van der Waals surface area contributed by atoms with Crippen molar-refractivity contribution in [2.24, 2.45) is 11.8 Å². The van der Waals surface area contributed by atoms with Crippen molar-refractivity contribution in [1.82, 2.24) is 10.2 Å². The zero-order valence-electron chi connectivity index (χ0n) is 10.9. The molecule has 2 nitrogen and oxygen atoms in total. The monoisotopic (exact) mass is 230 g/mol. The van der Waals surface area contributed by atoms with Crippen molar-refractivity contribution in [1.29, 1.82) is 0 Å². The lowest BCUT2D eigenvalue weighted by Gasteiger charge is -2.19. The Bertz CT molecular complexity index is 381. The topological polar surface area (TPSA) is 15.3 Å². The molecule has 1 N–H and O–H groups in total. The molecule has 0 amide bonds. The first kappa shape index (κ1) is 11.2. The van der Waals surface area contributed by atoms with Crippen molar-refractivity contribution in [3.63, 3.8) is 0 Å². The number of hydrogen-bond donors (Lipinski definition) is 1. The predicted octanol–water partition coefficient (Wildman–Crippen LogP) is 1.95. The van der Waals surface area contributed by atoms with Crippen LogP contribution in [0.25, 0.3) is 0 Å². The van der Waals surface area contributed by atoms with Crippen LogP contribution in [0.15, 0.2) is 18.2 Å². The van der Waals surface area contributed by atoms with E-state index in [0.717, 1.165) is 18.4 Å². The second-order valence-corrected chi connectivity index (χ2v) is 5.74. The molecule has 2 heteroatoms. The van der Waals surface area contributed by atoms with Crippen LogP contribution in [-0.2, 0) is 6.54 Å². The summed E-state index contributed by atoms with van der Waals surface area (Å²) < 4.78 is 0. The SMILES string of the molecule is Cc1cccc(C)c1CN1CC2CNCC2C1. The van der Waals surface area contributed by atoms with Crippen LogP contribution in [0.3, 0.4) is 0 Å². The quantitative estimate of drug-likeness (QED) is 0.835. The highest BCUT2D eigenvalue weighted by Crippen LogP contribution is 2.28. The molecule has 2 saturated heterocycles. The van der Waals surface area contributed by atoms with Crippen molar-refractivity contribution in [2.75, 3.05) is 26.2 Å². The molecule has 0 aromatic heterocycles. The zero-order chi connectivity index (χ0) is 11.8. The fourth-order valence-corrected chi connectivity index (χ4v) is 3.40. The van der Waals surface area contributed by atoms with E-state index in [1.807, 2.05) is 0 Å². The smallest absolute Gasteiger partial charge is 0.0239 e. The third-order valence-corrected chi connectivity index (χ3v) is 4.49. The van der Waals surface area contributed by atoms with Gasteiger partial charge in [0.2, 0.25) is 0 Å². The zero-order valence-corrected chi connectivity index (χ0v) is 10.9. The first-order valence-electron chi connectivity index (χ1n) is 6.72. The first-order chi connectivity index (χ1) is 8.24. The summed E-state index contributed by atoms with van der Waals surface area (Å²) in [4.78, 5) is 2.64. The molecular formula is C15H22N2. The first-order valence-corrected chi connectivity index (χ1v) is 6.72. The molecule has 0 radical (unpaired) electrons. The van der Waals surface area contributed by atoms with Gasteiger partial charge in [0.15, 0.2) is 0 Å². The lowest BCUT2D eigenvalue weighted by Crippen LogP contribution is -2.26. The molecule has 0 spiro atoms. The van der Waals surface area contributed by atoms with E-state index in [1.165, 1.54) is 37.3 Å². The Balaban J connectivity index is 1.72. The van der Waals surface area contributed by atoms with Gasteiger partial charge in [-0.1, -0.05) is 18.2 Å². The van der Waals surface area contributed by atoms with E-state index >= 15 is 0 Å². The van der Waals surface area contributed by atoms with Gasteiger partial charge in [0.1, 0.15) is 0 Å². The Morgan fingerprint density at radius 2 is 1.71 bits per heavy atom. The average molecular weight is 230 g/mol. The molecular weight excluding hydrogens is 208 g/mol. The van der Waals surface area contributed by atoms with Crippen molar-refractivity contribution in [2.45, 2.75) is 20.4 Å². The summed E-state index contributed by atoms with van der Waals surface area (Å²) in [5, 5.41) is 3.50. The van der Waals surface area contributed by atoms with Crippen molar-refractivity contribution in [3.05, 3.63) is 34.9 Å². The van der Waals surface area contributed by atoms with Gasteiger partial charge in [-0.15, -0.1) is 0 Å². The van der Waals surface area contributed by atoms with Crippen molar-refractivity contribution in [3.8, 4) is 0 Å². The minimum Gasteiger partial charge on any atom is -0.316 e. The van der Waals surface area contributed by atoms with Crippen LogP contribution in [0.2, 0.25) is 0 Å². The highest BCUT2D eigenvalue weighted by atomic mass is 15.2. The Morgan fingerprint density at radius 3 is 2.29 bits per heavy atom. The fraction of sp³-hybridized carbons (Fsp3) is 0.600. The molecule has 0 bridgehead atoms. The number of rotatable bonds is 2. The van der Waals surface area contributed by atoms with Crippen LogP contribution >= 0.6 is 0 Å². The largest absolute Gasteiger partial charge is 0.316 e. The van der Waals surface area contributed by atoms with E-state index < -0.39 is 0 Å². The Hall–Kier alpha value is -0.860. The molecule has 0 saturated carbocycles. The lowest BCUT2D eigenvalue weighted by molar-refractivity contribution is 0.304. The molecule has 2 aliphatic rings. The highest BCUT2D eigenvalue weighted by molar-refractivity contribution is 5.33. The van der Waals surface area contributed by atoms with E-state index in [9.17, 15) is 0 Å². The second-order valence-electron chi connectivity index (χ2n) is 5.74. The van der Waals surface area contributed by atoms with Gasteiger partial charge in [0, 0.05) is 19.6 Å². The maximum absolute atomic E-state index is 3.50. The highest BCUT2D eigenvalue weighted by Gasteiger charge is 2.35. The van der Waals surface area contributed by atoms with Gasteiger partial charge in [-0.3, -0.25) is 4.90 Å². The van der Waals surface area contributed by atoms with E-state index in [4.69, 9.17) is 0 Å². The Morgan fingerprint density at radius 1 is 1.12 bits per heavy atom. The third kappa shape index (κ3) is 2.12. The van der Waals surface area contributed by atoms with Crippen LogP contribution in [0.5, 0.6) is 0 Å². The van der Waals surface area contributed by atoms with Crippen LogP contribution in [0.1, 0.15) is 16.7 Å². The van der Waals surface area contributed by atoms with Crippen molar-refractivity contribution >= 4 is 0 Å². The van der Waals surface area contributed by atoms with Gasteiger partial charge >= 0.3 is 0 Å². The summed E-state index contributed by atoms with van der Waals surface area (Å²) in [5.41, 5.74) is 4.43. The molecule has 2 atom stereocenters. The summed E-state index contributed by atoms with van der Waals surface area (Å²) in [6, 6.07) is 6.64. The van der Waals surface area contributed by atoms with Crippen molar-refractivity contribution < 1.29 is 0 Å². The summed E-state index contributed by atoms with van der Waals surface area (Å²) in [6.45, 7) is 10.6. The minimum absolute atomic E-state index is 0.902. The van der Waals surface area contributed by atoms with Gasteiger partial charge in [0.25, 0.3) is 0 Å². The number of aryl methyl sites for hydroxylation is 2. The number of nitrogens with zero attached hydrogens (tertiary/aromatic N) is 1. The maximum Gasteiger partial charge on any atom is 0.0239 e. The molecule has 3 rings (SSSR count). The molecule has 17 heavy (non-hydrogen) atoms. The van der Waals surface area contributed by atoms with Crippen LogP contribution < -0.4 is 5.32 Å². The van der Waals surface area contributed by atoms with Crippen LogP contribution in [0.4, 0.5) is 0 Å². The van der Waals surface area contributed by atoms with Gasteiger partial charge < -0.3 is 5.32 Å². The molecule has 0 aliphatic carbocycles. The number of fused-ring (bicyclic) bond motifs is 1. The molecule has 1 aromatic carbocycles. The Kier molecular flexibility index (Phi) is 2.93. The Labute approximate surface area is 104 Å². The van der Waals surface area contributed by atoms with Gasteiger partial charge in [-0.25, -0.2) is 0 Å². The number of benzene rings is 1. The lowest BCUT2D eigenvalue weighted by atomic mass is 10.0. The molecule has 2 fully saturated rings. The average Bonchev–Trinajstić information content (AvgIpc) is 2.83.